The van der Waals surface area contributed by atoms with E-state index in [2.05, 4.69) is 16.0 Å². The lowest BCUT2D eigenvalue weighted by atomic mass is 10.1. The second kappa shape index (κ2) is 13.4. The predicted octanol–water partition coefficient (Wildman–Crippen LogP) is 6.75. The van der Waals surface area contributed by atoms with Crippen molar-refractivity contribution in [2.24, 2.45) is 0 Å². The van der Waals surface area contributed by atoms with E-state index >= 15 is 0 Å². The molecule has 0 saturated carbocycles. The number of benzene rings is 4. The number of amides is 3. The van der Waals surface area contributed by atoms with Gasteiger partial charge in [0.15, 0.2) is 0 Å². The summed E-state index contributed by atoms with van der Waals surface area (Å²) in [4.78, 5) is 39.5. The summed E-state index contributed by atoms with van der Waals surface area (Å²) < 4.78 is 0. The minimum absolute atomic E-state index is 0.116. The maximum absolute atomic E-state index is 13.3. The van der Waals surface area contributed by atoms with Crippen LogP contribution in [0.2, 0.25) is 0 Å². The van der Waals surface area contributed by atoms with E-state index in [1.807, 2.05) is 81.4 Å². The molecule has 3 amide bonds. The zero-order valence-electron chi connectivity index (χ0n) is 22.7. The van der Waals surface area contributed by atoms with Gasteiger partial charge in [-0.15, -0.1) is 11.8 Å². The van der Waals surface area contributed by atoms with Crippen molar-refractivity contribution in [3.63, 3.8) is 0 Å². The molecule has 0 atom stereocenters. The first-order valence-corrected chi connectivity index (χ1v) is 13.8. The zero-order valence-corrected chi connectivity index (χ0v) is 23.5. The molecule has 0 heterocycles. The van der Waals surface area contributed by atoms with Crippen molar-refractivity contribution >= 4 is 46.9 Å². The van der Waals surface area contributed by atoms with E-state index in [9.17, 15) is 14.4 Å². The molecule has 4 rings (SSSR count). The smallest absolute Gasteiger partial charge is 0.272 e. The summed E-state index contributed by atoms with van der Waals surface area (Å²) in [7, 11) is 0. The Kier molecular flexibility index (Phi) is 9.54. The van der Waals surface area contributed by atoms with E-state index < -0.39 is 5.91 Å². The van der Waals surface area contributed by atoms with E-state index in [-0.39, 0.29) is 23.3 Å². The summed E-state index contributed by atoms with van der Waals surface area (Å²) >= 11 is 1.37. The van der Waals surface area contributed by atoms with Crippen molar-refractivity contribution in [2.75, 3.05) is 16.4 Å². The summed E-state index contributed by atoms with van der Waals surface area (Å²) in [6.45, 7) is 6.00. The molecule has 6 nitrogen and oxygen atoms in total. The summed E-state index contributed by atoms with van der Waals surface area (Å²) in [5.74, 6) is -0.737. The first kappa shape index (κ1) is 28.4. The van der Waals surface area contributed by atoms with Crippen molar-refractivity contribution in [3.05, 3.63) is 131 Å². The SMILES string of the molecule is Cc1cccc(/C=C(/NC(=O)c2ccccc2)C(=O)Nc2cccc(SCC(=O)Nc3ccc(C)c(C)c3)c2)c1. The average molecular weight is 550 g/mol. The highest BCUT2D eigenvalue weighted by atomic mass is 32.2. The fourth-order valence-electron chi connectivity index (χ4n) is 3.90. The van der Waals surface area contributed by atoms with Gasteiger partial charge in [-0.05, 0) is 86.0 Å². The molecule has 0 aromatic heterocycles. The van der Waals surface area contributed by atoms with Crippen molar-refractivity contribution < 1.29 is 14.4 Å². The quantitative estimate of drug-likeness (QED) is 0.159. The van der Waals surface area contributed by atoms with E-state index in [0.29, 0.717) is 11.3 Å². The van der Waals surface area contributed by atoms with Crippen LogP contribution in [0.4, 0.5) is 11.4 Å². The lowest BCUT2D eigenvalue weighted by Gasteiger charge is -2.12. The lowest BCUT2D eigenvalue weighted by Crippen LogP contribution is -2.30. The number of carbonyl (C=O) groups excluding carboxylic acids is 3. The highest BCUT2D eigenvalue weighted by Crippen LogP contribution is 2.23. The van der Waals surface area contributed by atoms with Gasteiger partial charge in [-0.2, -0.15) is 0 Å². The molecule has 0 aliphatic rings. The molecule has 0 aliphatic heterocycles. The Morgan fingerprint density at radius 1 is 0.725 bits per heavy atom. The zero-order chi connectivity index (χ0) is 28.5. The van der Waals surface area contributed by atoms with Crippen LogP contribution in [-0.4, -0.2) is 23.5 Å². The van der Waals surface area contributed by atoms with Crippen LogP contribution in [0.5, 0.6) is 0 Å². The highest BCUT2D eigenvalue weighted by Gasteiger charge is 2.15. The molecule has 202 valence electrons. The monoisotopic (exact) mass is 549 g/mol. The molecule has 4 aromatic rings. The largest absolute Gasteiger partial charge is 0.325 e. The van der Waals surface area contributed by atoms with E-state index in [4.69, 9.17) is 0 Å². The average Bonchev–Trinajstić information content (AvgIpc) is 2.94. The molecular formula is C33H31N3O3S. The fraction of sp³-hybridized carbons (Fsp3) is 0.121. The number of rotatable bonds is 9. The number of aryl methyl sites for hydroxylation is 3. The van der Waals surface area contributed by atoms with Gasteiger partial charge in [0, 0.05) is 21.8 Å². The number of hydrogen-bond acceptors (Lipinski definition) is 4. The number of anilines is 2. The third-order valence-corrected chi connectivity index (χ3v) is 7.13. The first-order chi connectivity index (χ1) is 19.3. The van der Waals surface area contributed by atoms with E-state index in [1.54, 1.807) is 42.5 Å². The molecule has 40 heavy (non-hydrogen) atoms. The van der Waals surface area contributed by atoms with Gasteiger partial charge in [0.25, 0.3) is 11.8 Å². The Morgan fingerprint density at radius 2 is 1.48 bits per heavy atom. The number of thioether (sulfide) groups is 1. The van der Waals surface area contributed by atoms with Crippen LogP contribution >= 0.6 is 11.8 Å². The Balaban J connectivity index is 1.44. The normalized spacial score (nSPS) is 11.0. The predicted molar refractivity (Wildman–Crippen MR) is 163 cm³/mol. The third kappa shape index (κ3) is 8.19. The molecular weight excluding hydrogens is 518 g/mol. The van der Waals surface area contributed by atoms with E-state index in [1.165, 1.54) is 17.3 Å². The second-order valence-electron chi connectivity index (χ2n) is 9.41. The van der Waals surface area contributed by atoms with Crippen LogP contribution in [0.15, 0.2) is 108 Å². The Morgan fingerprint density at radius 3 is 2.23 bits per heavy atom. The van der Waals surface area contributed by atoms with Crippen molar-refractivity contribution in [1.29, 1.82) is 0 Å². The Hall–Kier alpha value is -4.62. The van der Waals surface area contributed by atoms with Gasteiger partial charge in [0.1, 0.15) is 5.70 Å². The van der Waals surface area contributed by atoms with Gasteiger partial charge < -0.3 is 16.0 Å². The highest BCUT2D eigenvalue weighted by molar-refractivity contribution is 8.00. The molecule has 0 fully saturated rings. The van der Waals surface area contributed by atoms with Crippen LogP contribution in [0.3, 0.4) is 0 Å². The summed E-state index contributed by atoms with van der Waals surface area (Å²) in [5, 5.41) is 8.56. The van der Waals surface area contributed by atoms with Crippen LogP contribution in [0.25, 0.3) is 6.08 Å². The summed E-state index contributed by atoms with van der Waals surface area (Å²) in [6.07, 6.45) is 1.65. The standard InChI is InChI=1S/C33H31N3O3S/c1-22-9-7-10-25(17-22)19-30(36-32(38)26-11-5-4-6-12-26)33(39)35-27-13-8-14-29(20-27)40-21-31(37)34-28-16-15-23(2)24(3)18-28/h4-20H,21H2,1-3H3,(H,34,37)(H,35,39)(H,36,38)/b30-19+. The maximum Gasteiger partial charge on any atom is 0.272 e. The van der Waals surface area contributed by atoms with Crippen LogP contribution in [0.1, 0.15) is 32.6 Å². The lowest BCUT2D eigenvalue weighted by molar-refractivity contribution is -0.114. The molecule has 4 aromatic carbocycles. The topological polar surface area (TPSA) is 87.3 Å². The summed E-state index contributed by atoms with van der Waals surface area (Å²) in [5.41, 5.74) is 5.99. The molecule has 0 unspecified atom stereocenters. The van der Waals surface area contributed by atoms with Crippen LogP contribution < -0.4 is 16.0 Å². The first-order valence-electron chi connectivity index (χ1n) is 12.8. The minimum Gasteiger partial charge on any atom is -0.325 e. The van der Waals surface area contributed by atoms with Crippen LogP contribution in [0, 0.1) is 20.8 Å². The molecule has 0 radical (unpaired) electrons. The number of hydrogen-bond donors (Lipinski definition) is 3. The molecule has 0 aliphatic carbocycles. The van der Waals surface area contributed by atoms with Gasteiger partial charge in [0.2, 0.25) is 5.91 Å². The molecule has 0 bridgehead atoms. The van der Waals surface area contributed by atoms with Gasteiger partial charge in [-0.3, -0.25) is 14.4 Å². The maximum atomic E-state index is 13.3. The van der Waals surface area contributed by atoms with Gasteiger partial charge in [0.05, 0.1) is 5.75 Å². The molecule has 0 saturated heterocycles. The number of nitrogens with one attached hydrogen (secondary N) is 3. The van der Waals surface area contributed by atoms with Crippen molar-refractivity contribution in [1.82, 2.24) is 5.32 Å². The van der Waals surface area contributed by atoms with Gasteiger partial charge in [-0.1, -0.05) is 60.2 Å². The summed E-state index contributed by atoms with van der Waals surface area (Å²) in [6, 6.07) is 29.5. The molecule has 0 spiro atoms. The molecule has 3 N–H and O–H groups in total. The third-order valence-electron chi connectivity index (χ3n) is 6.13. The van der Waals surface area contributed by atoms with E-state index in [0.717, 1.165) is 27.3 Å². The molecule has 7 heteroatoms. The van der Waals surface area contributed by atoms with Crippen molar-refractivity contribution in [2.45, 2.75) is 25.7 Å². The number of carbonyl (C=O) groups is 3. The van der Waals surface area contributed by atoms with Crippen molar-refractivity contribution in [3.8, 4) is 0 Å². The minimum atomic E-state index is -0.458. The Labute approximate surface area is 238 Å². The second-order valence-corrected chi connectivity index (χ2v) is 10.5. The van der Waals surface area contributed by atoms with Gasteiger partial charge in [-0.25, -0.2) is 0 Å². The Bertz CT molecular complexity index is 1560. The fourth-order valence-corrected chi connectivity index (χ4v) is 4.65. The van der Waals surface area contributed by atoms with Gasteiger partial charge >= 0.3 is 0 Å². The van der Waals surface area contributed by atoms with Crippen LogP contribution in [-0.2, 0) is 9.59 Å².